The number of nitrogens with zero attached hydrogens (tertiary/aromatic N) is 1. The fourth-order valence-corrected chi connectivity index (χ4v) is 10.3. The molecule has 0 atom stereocenters. The van der Waals surface area contributed by atoms with Gasteiger partial charge in [-0.25, -0.2) is 12.8 Å². The standard InChI is InChI=1S/C37H47B9FN3O7S/c1-5-50(58(4,53)54)27-18-29-25(30(33(52)48-2)31(57-29)19-9-12-22(13-10-19)56-23-8-6-7-21(47)16-23)17-24(27)20-11-14-28(55-3)26(15-20)32(51)49-34(35(38,39)40,36(41,42)43)37(44,45)46/h6-18H,5,38-46H2,1-4H3,(H,48,52)(H,49,51). The molecule has 21 heteroatoms. The summed E-state index contributed by atoms with van der Waals surface area (Å²) in [6.07, 6.45) is 1.12. The molecule has 0 aliphatic carbocycles. The van der Waals surface area contributed by atoms with Crippen molar-refractivity contribution >= 4 is 109 Å². The molecular weight excluding hydrogens is 747 g/mol. The topological polar surface area (TPSA) is 127 Å². The highest BCUT2D eigenvalue weighted by Gasteiger charge is 2.56. The van der Waals surface area contributed by atoms with Gasteiger partial charge >= 0.3 is 0 Å². The average Bonchev–Trinajstić information content (AvgIpc) is 3.49. The van der Waals surface area contributed by atoms with Crippen LogP contribution in [0.25, 0.3) is 33.4 Å². The molecule has 0 saturated carbocycles. The first kappa shape index (κ1) is 44.3. The van der Waals surface area contributed by atoms with Crippen molar-refractivity contribution in [2.45, 2.75) is 27.8 Å². The number of amides is 2. The van der Waals surface area contributed by atoms with E-state index in [1.54, 1.807) is 73.7 Å². The quantitative estimate of drug-likeness (QED) is 0.128. The number of benzene rings is 4. The molecule has 2 N–H and O–H groups in total. The number of anilines is 1. The number of halogens is 1. The van der Waals surface area contributed by atoms with Crippen molar-refractivity contribution in [1.29, 1.82) is 0 Å². The molecule has 0 saturated heterocycles. The average molecular weight is 794 g/mol. The number of nitrogens with one attached hydrogen (secondary N) is 2. The van der Waals surface area contributed by atoms with E-state index >= 15 is 0 Å². The first-order valence-corrected chi connectivity index (χ1v) is 21.1. The molecule has 0 radical (unpaired) electrons. The van der Waals surface area contributed by atoms with Gasteiger partial charge in [0.15, 0.2) is 0 Å². The second kappa shape index (κ2) is 16.1. The van der Waals surface area contributed by atoms with Gasteiger partial charge in [0.25, 0.3) is 11.8 Å². The van der Waals surface area contributed by atoms with Crippen molar-refractivity contribution in [2.75, 3.05) is 31.3 Å². The Morgan fingerprint density at radius 1 is 0.810 bits per heavy atom. The lowest BCUT2D eigenvalue weighted by Crippen LogP contribution is -2.71. The Morgan fingerprint density at radius 2 is 1.41 bits per heavy atom. The zero-order valence-electron chi connectivity index (χ0n) is 35.8. The van der Waals surface area contributed by atoms with Crippen LogP contribution in [0.2, 0.25) is 15.3 Å². The van der Waals surface area contributed by atoms with E-state index in [2.05, 4.69) is 81.3 Å². The van der Waals surface area contributed by atoms with E-state index in [1.807, 2.05) is 0 Å². The van der Waals surface area contributed by atoms with Crippen LogP contribution in [0.3, 0.4) is 0 Å². The summed E-state index contributed by atoms with van der Waals surface area (Å²) >= 11 is 0. The van der Waals surface area contributed by atoms with Crippen molar-refractivity contribution in [3.8, 4) is 39.7 Å². The maximum atomic E-state index is 14.7. The number of ether oxygens (including phenoxy) is 2. The Morgan fingerprint density at radius 3 is 1.93 bits per heavy atom. The Hall–Kier alpha value is -4.78. The van der Waals surface area contributed by atoms with Gasteiger partial charge in [0.2, 0.25) is 10.0 Å². The lowest BCUT2D eigenvalue weighted by molar-refractivity contribution is 0.0892. The Kier molecular flexibility index (Phi) is 12.3. The molecule has 0 unspecified atom stereocenters. The Balaban J connectivity index is 1.74. The molecule has 0 bridgehead atoms. The number of furan rings is 1. The predicted octanol–water partition coefficient (Wildman–Crippen LogP) is -1.76. The monoisotopic (exact) mass is 795 g/mol. The lowest BCUT2D eigenvalue weighted by Gasteiger charge is -2.63. The second-order valence-corrected chi connectivity index (χ2v) is 19.5. The summed E-state index contributed by atoms with van der Waals surface area (Å²) in [5.41, 5.74) is 1.84. The summed E-state index contributed by atoms with van der Waals surface area (Å²) in [6.45, 7) is 1.82. The third-order valence-electron chi connectivity index (χ3n) is 10.8. The third kappa shape index (κ3) is 8.37. The van der Waals surface area contributed by atoms with E-state index < -0.39 is 27.3 Å². The number of methoxy groups -OCH3 is 1. The van der Waals surface area contributed by atoms with Gasteiger partial charge in [-0.2, -0.15) is 0 Å². The van der Waals surface area contributed by atoms with Crippen LogP contribution in [0.5, 0.6) is 17.2 Å². The maximum Gasteiger partial charge on any atom is 0.255 e. The zero-order chi connectivity index (χ0) is 43.2. The summed E-state index contributed by atoms with van der Waals surface area (Å²) in [4.78, 5) is 28.4. The first-order valence-electron chi connectivity index (χ1n) is 19.2. The van der Waals surface area contributed by atoms with Gasteiger partial charge in [0, 0.05) is 42.2 Å². The summed E-state index contributed by atoms with van der Waals surface area (Å²) in [6, 6.07) is 21.1. The van der Waals surface area contributed by atoms with E-state index in [0.717, 1.165) is 6.26 Å². The molecule has 0 fully saturated rings. The minimum atomic E-state index is -3.82. The lowest BCUT2D eigenvalue weighted by atomic mass is 9.12. The molecule has 4 aromatic carbocycles. The van der Waals surface area contributed by atoms with Gasteiger partial charge in [-0.3, -0.25) is 13.9 Å². The van der Waals surface area contributed by atoms with E-state index in [0.29, 0.717) is 45.0 Å². The van der Waals surface area contributed by atoms with Gasteiger partial charge in [0.05, 0.1) is 101 Å². The van der Waals surface area contributed by atoms with Crippen LogP contribution in [0.4, 0.5) is 10.1 Å². The van der Waals surface area contributed by atoms with Crippen molar-refractivity contribution in [3.63, 3.8) is 0 Å². The summed E-state index contributed by atoms with van der Waals surface area (Å²) in [5, 5.41) is 5.46. The van der Waals surface area contributed by atoms with Crippen molar-refractivity contribution in [2.24, 2.45) is 0 Å². The van der Waals surface area contributed by atoms with Crippen LogP contribution in [0.15, 0.2) is 83.3 Å². The smallest absolute Gasteiger partial charge is 0.255 e. The molecule has 1 aromatic heterocycles. The van der Waals surface area contributed by atoms with E-state index in [1.165, 1.54) is 30.6 Å². The van der Waals surface area contributed by atoms with E-state index in [-0.39, 0.29) is 50.3 Å². The third-order valence-corrected chi connectivity index (χ3v) is 12.1. The number of sulfonamides is 1. The van der Waals surface area contributed by atoms with Crippen molar-refractivity contribution < 1.29 is 36.3 Å². The van der Waals surface area contributed by atoms with Gasteiger partial charge in [-0.15, -0.1) is 0 Å². The molecule has 5 rings (SSSR count). The number of fused-ring (bicyclic) bond motifs is 1. The molecule has 292 valence electrons. The van der Waals surface area contributed by atoms with E-state index in [9.17, 15) is 22.4 Å². The Labute approximate surface area is 349 Å². The predicted molar refractivity (Wildman–Crippen MR) is 257 cm³/mol. The van der Waals surface area contributed by atoms with Gasteiger partial charge in [-0.05, 0) is 72.6 Å². The van der Waals surface area contributed by atoms with Crippen molar-refractivity contribution in [3.05, 3.63) is 95.8 Å². The van der Waals surface area contributed by atoms with E-state index in [4.69, 9.17) is 13.9 Å². The highest BCUT2D eigenvalue weighted by atomic mass is 32.2. The molecule has 1 heterocycles. The molecule has 0 aliphatic heterocycles. The fraction of sp³-hybridized carbons (Fsp3) is 0.243. The normalized spacial score (nSPS) is 12.5. The molecule has 58 heavy (non-hydrogen) atoms. The summed E-state index contributed by atoms with van der Waals surface area (Å²) in [5.74, 6) is 0.137. The second-order valence-electron chi connectivity index (χ2n) is 17.6. The molecule has 10 nitrogen and oxygen atoms in total. The van der Waals surface area contributed by atoms with Gasteiger partial charge in [-0.1, -0.05) is 27.5 Å². The minimum absolute atomic E-state index is 0.0920. The molecule has 5 aromatic rings. The van der Waals surface area contributed by atoms with Gasteiger partial charge in [0.1, 0.15) is 34.4 Å². The summed E-state index contributed by atoms with van der Waals surface area (Å²) < 4.78 is 59.7. The number of carbonyl (C=O) groups is 2. The van der Waals surface area contributed by atoms with Crippen LogP contribution in [0.1, 0.15) is 27.6 Å². The van der Waals surface area contributed by atoms with Crippen LogP contribution in [-0.2, 0) is 10.0 Å². The number of rotatable bonds is 14. The fourth-order valence-electron chi connectivity index (χ4n) is 9.28. The highest BCUT2D eigenvalue weighted by Crippen LogP contribution is 2.53. The summed E-state index contributed by atoms with van der Waals surface area (Å²) in [7, 11) is 18.3. The SMILES string of the molecule is BC(B)(B)C(NC(=O)c1cc(-c2cc3c(C(=O)NC)c(-c4ccc(Oc5cccc(F)c5)cc4)oc3cc2N(CC)S(C)(=O)=O)ccc1OC)(C(B)(B)B)C(B)(B)B. The molecule has 2 amide bonds. The zero-order valence-corrected chi connectivity index (χ0v) is 36.6. The largest absolute Gasteiger partial charge is 0.496 e. The van der Waals surface area contributed by atoms with Crippen LogP contribution >= 0.6 is 0 Å². The molecular formula is C37H47B9FN3O7S. The Bertz CT molecular complexity index is 2450. The number of hydrogen-bond donors (Lipinski definition) is 2. The highest BCUT2D eigenvalue weighted by molar-refractivity contribution is 7.92. The molecule has 0 aliphatic rings. The van der Waals surface area contributed by atoms with Gasteiger partial charge < -0.3 is 24.5 Å². The minimum Gasteiger partial charge on any atom is -0.496 e. The van der Waals surface area contributed by atoms with Crippen LogP contribution < -0.4 is 24.4 Å². The number of carbonyl (C=O) groups excluding carboxylic acids is 2. The van der Waals surface area contributed by atoms with Crippen LogP contribution in [0, 0.1) is 5.82 Å². The maximum absolute atomic E-state index is 14.7. The number of hydrogen-bond acceptors (Lipinski definition) is 7. The molecule has 0 spiro atoms. The van der Waals surface area contributed by atoms with Crippen molar-refractivity contribution in [1.82, 2.24) is 10.6 Å². The van der Waals surface area contributed by atoms with Crippen LogP contribution in [-0.4, -0.2) is 123 Å². The first-order chi connectivity index (χ1) is 26.9.